The summed E-state index contributed by atoms with van der Waals surface area (Å²) in [6.07, 6.45) is 1.87. The van der Waals surface area contributed by atoms with Crippen molar-refractivity contribution in [3.8, 4) is 16.9 Å². The van der Waals surface area contributed by atoms with Crippen LogP contribution in [0.2, 0.25) is 0 Å². The third-order valence-electron chi connectivity index (χ3n) is 2.62. The lowest BCUT2D eigenvalue weighted by atomic mass is 10.1. The van der Waals surface area contributed by atoms with Gasteiger partial charge >= 0.3 is 0 Å². The molecule has 1 heterocycles. The number of rotatable bonds is 5. The zero-order valence-electron chi connectivity index (χ0n) is 11.1. The monoisotopic (exact) mass is 245 g/mol. The predicted molar refractivity (Wildman–Crippen MR) is 72.7 cm³/mol. The number of furan rings is 1. The summed E-state index contributed by atoms with van der Waals surface area (Å²) < 4.78 is 11.3. The molecule has 0 saturated heterocycles. The van der Waals surface area contributed by atoms with Gasteiger partial charge in [0.2, 0.25) is 0 Å². The van der Waals surface area contributed by atoms with Crippen LogP contribution in [-0.2, 0) is 6.54 Å². The molecule has 0 aliphatic rings. The fraction of sp³-hybridized carbons (Fsp3) is 0.333. The molecule has 0 aliphatic heterocycles. The minimum Gasteiger partial charge on any atom is -0.490 e. The Morgan fingerprint density at radius 2 is 1.94 bits per heavy atom. The van der Waals surface area contributed by atoms with E-state index >= 15 is 0 Å². The summed E-state index contributed by atoms with van der Waals surface area (Å²) in [5, 5.41) is 3.11. The quantitative estimate of drug-likeness (QED) is 0.876. The molecule has 1 aromatic carbocycles. The van der Waals surface area contributed by atoms with Gasteiger partial charge in [0.25, 0.3) is 0 Å². The Kier molecular flexibility index (Phi) is 4.05. The molecule has 0 amide bonds. The largest absolute Gasteiger partial charge is 0.490 e. The Balaban J connectivity index is 2.40. The average Bonchev–Trinajstić information content (AvgIpc) is 2.78. The fourth-order valence-corrected chi connectivity index (χ4v) is 1.92. The molecule has 96 valence electrons. The lowest BCUT2D eigenvalue weighted by Gasteiger charge is -2.14. The Labute approximate surface area is 108 Å². The van der Waals surface area contributed by atoms with Crippen LogP contribution in [0.1, 0.15) is 19.6 Å². The highest BCUT2D eigenvalue weighted by molar-refractivity contribution is 5.72. The molecule has 2 aromatic rings. The SMILES string of the molecule is CNCc1occc1-c1ccccc1OC(C)C. The highest BCUT2D eigenvalue weighted by atomic mass is 16.5. The summed E-state index contributed by atoms with van der Waals surface area (Å²) in [7, 11) is 1.91. The van der Waals surface area contributed by atoms with Gasteiger partial charge in [0.1, 0.15) is 11.5 Å². The van der Waals surface area contributed by atoms with E-state index in [1.54, 1.807) is 6.26 Å². The Morgan fingerprint density at radius 1 is 1.17 bits per heavy atom. The molecule has 0 bridgehead atoms. The molecular formula is C15H19NO2. The maximum atomic E-state index is 5.84. The van der Waals surface area contributed by atoms with Crippen LogP contribution in [0, 0.1) is 0 Å². The maximum absolute atomic E-state index is 5.84. The minimum absolute atomic E-state index is 0.158. The fourth-order valence-electron chi connectivity index (χ4n) is 1.92. The molecule has 0 spiro atoms. The first kappa shape index (κ1) is 12.7. The average molecular weight is 245 g/mol. The van der Waals surface area contributed by atoms with Gasteiger partial charge in [-0.15, -0.1) is 0 Å². The van der Waals surface area contributed by atoms with E-state index in [-0.39, 0.29) is 6.10 Å². The van der Waals surface area contributed by atoms with E-state index in [1.165, 1.54) is 0 Å². The van der Waals surface area contributed by atoms with Gasteiger partial charge < -0.3 is 14.5 Å². The van der Waals surface area contributed by atoms with E-state index in [0.29, 0.717) is 6.54 Å². The van der Waals surface area contributed by atoms with Gasteiger partial charge in [-0.3, -0.25) is 0 Å². The topological polar surface area (TPSA) is 34.4 Å². The Bertz CT molecular complexity index is 503. The minimum atomic E-state index is 0.158. The summed E-state index contributed by atoms with van der Waals surface area (Å²) in [6, 6.07) is 10.0. The lowest BCUT2D eigenvalue weighted by Crippen LogP contribution is -2.07. The number of hydrogen-bond donors (Lipinski definition) is 1. The number of benzene rings is 1. The van der Waals surface area contributed by atoms with Crippen LogP contribution in [0.3, 0.4) is 0 Å². The zero-order valence-corrected chi connectivity index (χ0v) is 11.1. The molecule has 3 heteroatoms. The van der Waals surface area contributed by atoms with Crippen LogP contribution in [0.25, 0.3) is 11.1 Å². The van der Waals surface area contributed by atoms with E-state index in [0.717, 1.165) is 22.6 Å². The molecule has 1 N–H and O–H groups in total. The highest BCUT2D eigenvalue weighted by Gasteiger charge is 2.13. The second kappa shape index (κ2) is 5.74. The number of para-hydroxylation sites is 1. The first-order chi connectivity index (χ1) is 8.72. The van der Waals surface area contributed by atoms with E-state index in [1.807, 2.05) is 45.2 Å². The van der Waals surface area contributed by atoms with Gasteiger partial charge in [-0.2, -0.15) is 0 Å². The molecule has 0 atom stereocenters. The first-order valence-electron chi connectivity index (χ1n) is 6.19. The van der Waals surface area contributed by atoms with Gasteiger partial charge in [0, 0.05) is 11.1 Å². The summed E-state index contributed by atoms with van der Waals surface area (Å²) in [5.74, 6) is 1.82. The second-order valence-corrected chi connectivity index (χ2v) is 4.45. The van der Waals surface area contributed by atoms with Crippen molar-refractivity contribution < 1.29 is 9.15 Å². The number of ether oxygens (including phenoxy) is 1. The van der Waals surface area contributed by atoms with Crippen LogP contribution in [0.4, 0.5) is 0 Å². The van der Waals surface area contributed by atoms with Gasteiger partial charge in [-0.1, -0.05) is 18.2 Å². The third-order valence-corrected chi connectivity index (χ3v) is 2.62. The van der Waals surface area contributed by atoms with E-state index in [2.05, 4.69) is 11.4 Å². The van der Waals surface area contributed by atoms with Gasteiger partial charge in [-0.25, -0.2) is 0 Å². The molecular weight excluding hydrogens is 226 g/mol. The van der Waals surface area contributed by atoms with Crippen LogP contribution >= 0.6 is 0 Å². The molecule has 0 aliphatic carbocycles. The van der Waals surface area contributed by atoms with Crippen molar-refractivity contribution in [3.05, 3.63) is 42.4 Å². The Morgan fingerprint density at radius 3 is 2.67 bits per heavy atom. The first-order valence-corrected chi connectivity index (χ1v) is 6.19. The number of hydrogen-bond acceptors (Lipinski definition) is 3. The van der Waals surface area contributed by atoms with Gasteiger partial charge in [0.05, 0.1) is 18.9 Å². The lowest BCUT2D eigenvalue weighted by molar-refractivity contribution is 0.243. The van der Waals surface area contributed by atoms with Crippen molar-refractivity contribution >= 4 is 0 Å². The van der Waals surface area contributed by atoms with Crippen molar-refractivity contribution in [2.75, 3.05) is 7.05 Å². The summed E-state index contributed by atoms with van der Waals surface area (Å²) in [4.78, 5) is 0. The van der Waals surface area contributed by atoms with Crippen molar-refractivity contribution in [2.45, 2.75) is 26.5 Å². The van der Waals surface area contributed by atoms with Crippen molar-refractivity contribution in [1.29, 1.82) is 0 Å². The van der Waals surface area contributed by atoms with Crippen molar-refractivity contribution in [3.63, 3.8) is 0 Å². The molecule has 0 saturated carbocycles. The van der Waals surface area contributed by atoms with Crippen LogP contribution in [-0.4, -0.2) is 13.2 Å². The maximum Gasteiger partial charge on any atom is 0.127 e. The van der Waals surface area contributed by atoms with E-state index in [4.69, 9.17) is 9.15 Å². The smallest absolute Gasteiger partial charge is 0.127 e. The molecule has 0 radical (unpaired) electrons. The van der Waals surface area contributed by atoms with Crippen LogP contribution in [0.5, 0.6) is 5.75 Å². The van der Waals surface area contributed by atoms with Crippen molar-refractivity contribution in [1.82, 2.24) is 5.32 Å². The Hall–Kier alpha value is -1.74. The normalized spacial score (nSPS) is 10.9. The van der Waals surface area contributed by atoms with E-state index < -0.39 is 0 Å². The third kappa shape index (κ3) is 2.74. The summed E-state index contributed by atoms with van der Waals surface area (Å²) in [6.45, 7) is 4.76. The van der Waals surface area contributed by atoms with Gasteiger partial charge in [0.15, 0.2) is 0 Å². The second-order valence-electron chi connectivity index (χ2n) is 4.45. The number of nitrogens with one attached hydrogen (secondary N) is 1. The molecule has 0 unspecified atom stereocenters. The molecule has 0 fully saturated rings. The van der Waals surface area contributed by atoms with Crippen molar-refractivity contribution in [2.24, 2.45) is 0 Å². The highest BCUT2D eigenvalue weighted by Crippen LogP contribution is 2.33. The van der Waals surface area contributed by atoms with E-state index in [9.17, 15) is 0 Å². The summed E-state index contributed by atoms with van der Waals surface area (Å²) >= 11 is 0. The standard InChI is InChI=1S/C15H19NO2/c1-11(2)18-14-7-5-4-6-12(14)13-8-9-17-15(13)10-16-3/h4-9,11,16H,10H2,1-3H3. The molecule has 1 aromatic heterocycles. The van der Waals surface area contributed by atoms with Crippen LogP contribution in [0.15, 0.2) is 41.0 Å². The predicted octanol–water partition coefficient (Wildman–Crippen LogP) is 3.45. The van der Waals surface area contributed by atoms with Crippen LogP contribution < -0.4 is 10.1 Å². The zero-order chi connectivity index (χ0) is 13.0. The summed E-state index contributed by atoms with van der Waals surface area (Å²) in [5.41, 5.74) is 2.16. The molecule has 2 rings (SSSR count). The molecule has 3 nitrogen and oxygen atoms in total. The van der Waals surface area contributed by atoms with Gasteiger partial charge in [-0.05, 0) is 33.0 Å². The molecule has 18 heavy (non-hydrogen) atoms.